The summed E-state index contributed by atoms with van der Waals surface area (Å²) < 4.78 is 10.5. The number of β-amino-alcohol motifs (C(OH)–C–C–N with tert-alkyl or cyclic N) is 1. The molecule has 0 unspecified atom stereocenters. The molecule has 1 saturated heterocycles. The number of carbonyl (C=O) groups excluding carboxylic acids is 1. The predicted molar refractivity (Wildman–Crippen MR) is 96.2 cm³/mol. The lowest BCUT2D eigenvalue weighted by Gasteiger charge is -2.33. The Morgan fingerprint density at radius 1 is 1.12 bits per heavy atom. The Hall–Kier alpha value is -1.83. The number of benzene rings is 1. The zero-order chi connectivity index (χ0) is 18.1. The van der Waals surface area contributed by atoms with Crippen molar-refractivity contribution in [1.82, 2.24) is 15.1 Å². The van der Waals surface area contributed by atoms with E-state index in [4.69, 9.17) is 14.6 Å². The van der Waals surface area contributed by atoms with Gasteiger partial charge in [0.05, 0.1) is 27.4 Å². The van der Waals surface area contributed by atoms with Gasteiger partial charge in [-0.1, -0.05) is 6.07 Å². The van der Waals surface area contributed by atoms with Crippen LogP contribution in [-0.4, -0.2) is 87.5 Å². The van der Waals surface area contributed by atoms with Crippen molar-refractivity contribution < 1.29 is 19.4 Å². The molecule has 0 spiro atoms. The van der Waals surface area contributed by atoms with E-state index in [0.717, 1.165) is 38.2 Å². The molecule has 7 heteroatoms. The van der Waals surface area contributed by atoms with E-state index >= 15 is 0 Å². The number of amides is 1. The molecule has 1 amide bonds. The number of ether oxygens (including phenoxy) is 2. The maximum Gasteiger partial charge on any atom is 0.234 e. The second-order valence-corrected chi connectivity index (χ2v) is 6.13. The Kier molecular flexibility index (Phi) is 7.97. The van der Waals surface area contributed by atoms with Crippen molar-refractivity contribution in [2.24, 2.45) is 0 Å². The number of carbonyl (C=O) groups is 1. The zero-order valence-corrected chi connectivity index (χ0v) is 15.2. The lowest BCUT2D eigenvalue weighted by molar-refractivity contribution is -0.122. The number of aliphatic hydroxyl groups is 1. The number of rotatable bonds is 9. The quantitative estimate of drug-likeness (QED) is 0.651. The van der Waals surface area contributed by atoms with Gasteiger partial charge >= 0.3 is 0 Å². The van der Waals surface area contributed by atoms with Gasteiger partial charge in [0.25, 0.3) is 0 Å². The fourth-order valence-electron chi connectivity index (χ4n) is 2.95. The Labute approximate surface area is 149 Å². The van der Waals surface area contributed by atoms with Crippen molar-refractivity contribution in [3.63, 3.8) is 0 Å². The van der Waals surface area contributed by atoms with E-state index in [2.05, 4.69) is 15.1 Å². The average Bonchev–Trinajstić information content (AvgIpc) is 2.63. The Bertz CT molecular complexity index is 545. The van der Waals surface area contributed by atoms with E-state index in [1.54, 1.807) is 14.2 Å². The van der Waals surface area contributed by atoms with Gasteiger partial charge in [-0.05, 0) is 24.1 Å². The van der Waals surface area contributed by atoms with E-state index < -0.39 is 0 Å². The SMILES string of the molecule is COc1ccc(CCNC(=O)CN2CCN(CCO)CC2)cc1OC. The van der Waals surface area contributed by atoms with Gasteiger partial charge < -0.3 is 19.9 Å². The highest BCUT2D eigenvalue weighted by molar-refractivity contribution is 5.78. The fourth-order valence-corrected chi connectivity index (χ4v) is 2.95. The number of methoxy groups -OCH3 is 2. The molecule has 2 N–H and O–H groups in total. The summed E-state index contributed by atoms with van der Waals surface area (Å²) >= 11 is 0. The minimum atomic E-state index is 0.0519. The molecule has 7 nitrogen and oxygen atoms in total. The third-order valence-corrected chi connectivity index (χ3v) is 4.43. The molecule has 140 valence electrons. The van der Waals surface area contributed by atoms with Crippen molar-refractivity contribution in [2.75, 3.05) is 66.6 Å². The molecule has 0 aliphatic carbocycles. The van der Waals surface area contributed by atoms with Gasteiger partial charge in [0.2, 0.25) is 5.91 Å². The highest BCUT2D eigenvalue weighted by atomic mass is 16.5. The largest absolute Gasteiger partial charge is 0.493 e. The molecule has 1 heterocycles. The molecule has 2 rings (SSSR count). The summed E-state index contributed by atoms with van der Waals surface area (Å²) in [7, 11) is 3.23. The van der Waals surface area contributed by atoms with E-state index in [-0.39, 0.29) is 12.5 Å². The number of piperazine rings is 1. The van der Waals surface area contributed by atoms with Crippen LogP contribution < -0.4 is 14.8 Å². The zero-order valence-electron chi connectivity index (χ0n) is 15.2. The summed E-state index contributed by atoms with van der Waals surface area (Å²) in [6.45, 7) is 5.46. The van der Waals surface area contributed by atoms with E-state index in [0.29, 0.717) is 31.1 Å². The molecule has 0 aromatic heterocycles. The first-order chi connectivity index (χ1) is 12.2. The van der Waals surface area contributed by atoms with Crippen LogP contribution in [0.1, 0.15) is 5.56 Å². The minimum absolute atomic E-state index is 0.0519. The third kappa shape index (κ3) is 6.19. The monoisotopic (exact) mass is 351 g/mol. The average molecular weight is 351 g/mol. The van der Waals surface area contributed by atoms with Crippen LogP contribution in [0.3, 0.4) is 0 Å². The Morgan fingerprint density at radius 3 is 2.44 bits per heavy atom. The molecule has 25 heavy (non-hydrogen) atoms. The standard InChI is InChI=1S/C18H29N3O4/c1-24-16-4-3-15(13-17(16)25-2)5-6-19-18(23)14-21-9-7-20(8-10-21)11-12-22/h3-4,13,22H,5-12,14H2,1-2H3,(H,19,23). The molecular formula is C18H29N3O4. The van der Waals surface area contributed by atoms with Crippen molar-refractivity contribution in [3.8, 4) is 11.5 Å². The highest BCUT2D eigenvalue weighted by Crippen LogP contribution is 2.27. The van der Waals surface area contributed by atoms with Gasteiger partial charge in [-0.25, -0.2) is 0 Å². The number of aliphatic hydroxyl groups excluding tert-OH is 1. The van der Waals surface area contributed by atoms with Crippen LogP contribution in [0.2, 0.25) is 0 Å². The van der Waals surface area contributed by atoms with Crippen molar-refractivity contribution in [3.05, 3.63) is 23.8 Å². The molecule has 1 aromatic rings. The van der Waals surface area contributed by atoms with Crippen LogP contribution in [-0.2, 0) is 11.2 Å². The maximum absolute atomic E-state index is 12.1. The predicted octanol–water partition coefficient (Wildman–Crippen LogP) is -0.0276. The van der Waals surface area contributed by atoms with Crippen molar-refractivity contribution in [2.45, 2.75) is 6.42 Å². The summed E-state index contributed by atoms with van der Waals surface area (Å²) in [6, 6.07) is 5.79. The first-order valence-corrected chi connectivity index (χ1v) is 8.69. The number of nitrogens with one attached hydrogen (secondary N) is 1. The van der Waals surface area contributed by atoms with E-state index in [9.17, 15) is 4.79 Å². The normalized spacial score (nSPS) is 15.8. The first kappa shape index (κ1) is 19.5. The van der Waals surface area contributed by atoms with Crippen LogP contribution in [0.15, 0.2) is 18.2 Å². The van der Waals surface area contributed by atoms with Gasteiger partial charge in [0.15, 0.2) is 11.5 Å². The number of hydrogen-bond donors (Lipinski definition) is 2. The summed E-state index contributed by atoms with van der Waals surface area (Å²) in [6.07, 6.45) is 0.746. The molecule has 0 atom stereocenters. The van der Waals surface area contributed by atoms with Crippen molar-refractivity contribution >= 4 is 5.91 Å². The van der Waals surface area contributed by atoms with Crippen LogP contribution in [0.4, 0.5) is 0 Å². The van der Waals surface area contributed by atoms with Gasteiger partial charge in [0.1, 0.15) is 0 Å². The van der Waals surface area contributed by atoms with Gasteiger partial charge in [-0.15, -0.1) is 0 Å². The minimum Gasteiger partial charge on any atom is -0.493 e. The molecule has 0 radical (unpaired) electrons. The van der Waals surface area contributed by atoms with E-state index in [1.165, 1.54) is 0 Å². The summed E-state index contributed by atoms with van der Waals surface area (Å²) in [4.78, 5) is 16.4. The highest BCUT2D eigenvalue weighted by Gasteiger charge is 2.18. The summed E-state index contributed by atoms with van der Waals surface area (Å²) in [5, 5.41) is 11.9. The molecular weight excluding hydrogens is 322 g/mol. The van der Waals surface area contributed by atoms with Gasteiger partial charge in [-0.2, -0.15) is 0 Å². The second-order valence-electron chi connectivity index (χ2n) is 6.13. The van der Waals surface area contributed by atoms with Crippen LogP contribution >= 0.6 is 0 Å². The summed E-state index contributed by atoms with van der Waals surface area (Å²) in [5.74, 6) is 1.46. The first-order valence-electron chi connectivity index (χ1n) is 8.69. The summed E-state index contributed by atoms with van der Waals surface area (Å²) in [5.41, 5.74) is 1.09. The lowest BCUT2D eigenvalue weighted by Crippen LogP contribution is -2.50. The van der Waals surface area contributed by atoms with Crippen LogP contribution in [0.5, 0.6) is 11.5 Å². The molecule has 1 aromatic carbocycles. The van der Waals surface area contributed by atoms with Gasteiger partial charge in [-0.3, -0.25) is 14.6 Å². The molecule has 1 aliphatic heterocycles. The topological polar surface area (TPSA) is 74.3 Å². The molecule has 1 fully saturated rings. The lowest BCUT2D eigenvalue weighted by atomic mass is 10.1. The smallest absolute Gasteiger partial charge is 0.234 e. The third-order valence-electron chi connectivity index (χ3n) is 4.43. The van der Waals surface area contributed by atoms with Gasteiger partial charge in [0, 0.05) is 39.3 Å². The van der Waals surface area contributed by atoms with E-state index in [1.807, 2.05) is 18.2 Å². The Balaban J connectivity index is 1.69. The second kappa shape index (κ2) is 10.2. The molecule has 0 saturated carbocycles. The fraction of sp³-hybridized carbons (Fsp3) is 0.611. The van der Waals surface area contributed by atoms with Crippen molar-refractivity contribution in [1.29, 1.82) is 0 Å². The van der Waals surface area contributed by atoms with Crippen LogP contribution in [0, 0.1) is 0 Å². The van der Waals surface area contributed by atoms with Crippen LogP contribution in [0.25, 0.3) is 0 Å². The maximum atomic E-state index is 12.1. The Morgan fingerprint density at radius 2 is 1.80 bits per heavy atom. The molecule has 0 bridgehead atoms. The number of nitrogens with zero attached hydrogens (tertiary/aromatic N) is 2. The number of hydrogen-bond acceptors (Lipinski definition) is 6. The molecule has 1 aliphatic rings.